The summed E-state index contributed by atoms with van der Waals surface area (Å²) < 4.78 is 5.42. The van der Waals surface area contributed by atoms with Crippen LogP contribution in [0.5, 0.6) is 5.75 Å². The minimum Gasteiger partial charge on any atom is -0.508 e. The molecule has 4 heteroatoms. The minimum atomic E-state index is -1.43. The van der Waals surface area contributed by atoms with Crippen molar-refractivity contribution in [1.29, 1.82) is 0 Å². The maximum atomic E-state index is 10.1. The molecule has 1 aliphatic heterocycles. The van der Waals surface area contributed by atoms with E-state index in [0.29, 0.717) is 5.75 Å². The lowest BCUT2D eigenvalue weighted by Gasteiger charge is -2.32. The predicted octanol–water partition coefficient (Wildman–Crippen LogP) is 2.65. The highest BCUT2D eigenvalue weighted by atomic mass is 28.3. The Labute approximate surface area is 122 Å². The van der Waals surface area contributed by atoms with Gasteiger partial charge in [0.05, 0.1) is 13.2 Å². The van der Waals surface area contributed by atoms with Crippen LogP contribution in [0.25, 0.3) is 0 Å². The minimum absolute atomic E-state index is 0.0353. The second-order valence-corrected chi connectivity index (χ2v) is 10.9. The molecule has 0 spiro atoms. The topological polar surface area (TPSA) is 32.7 Å². The van der Waals surface area contributed by atoms with Gasteiger partial charge in [0, 0.05) is 18.7 Å². The first-order chi connectivity index (χ1) is 9.47. The van der Waals surface area contributed by atoms with Gasteiger partial charge in [-0.2, -0.15) is 0 Å². The largest absolute Gasteiger partial charge is 0.508 e. The van der Waals surface area contributed by atoms with Gasteiger partial charge in [0.15, 0.2) is 0 Å². The molecule has 0 aromatic heterocycles. The summed E-state index contributed by atoms with van der Waals surface area (Å²) in [5.74, 6) is 3.74. The molecule has 0 aliphatic carbocycles. The smallest absolute Gasteiger partial charge is 0.129 e. The lowest BCUT2D eigenvalue weighted by atomic mass is 10.0. The van der Waals surface area contributed by atoms with Crippen molar-refractivity contribution in [3.8, 4) is 17.2 Å². The number of morpholine rings is 1. The molecular weight excluding hydrogens is 266 g/mol. The van der Waals surface area contributed by atoms with E-state index in [1.165, 1.54) is 0 Å². The summed E-state index contributed by atoms with van der Waals surface area (Å²) in [5, 5.41) is 10.1. The van der Waals surface area contributed by atoms with Crippen LogP contribution in [0.15, 0.2) is 24.3 Å². The number of benzene rings is 1. The lowest BCUT2D eigenvalue weighted by molar-refractivity contribution is 0.0266. The van der Waals surface area contributed by atoms with Crippen LogP contribution >= 0.6 is 0 Å². The predicted molar refractivity (Wildman–Crippen MR) is 84.4 cm³/mol. The highest BCUT2D eigenvalue weighted by Crippen LogP contribution is 2.28. The van der Waals surface area contributed by atoms with Crippen LogP contribution in [0.2, 0.25) is 19.6 Å². The Kier molecular flexibility index (Phi) is 4.87. The Morgan fingerprint density at radius 3 is 2.45 bits per heavy atom. The Balaban J connectivity index is 2.32. The van der Waals surface area contributed by atoms with Crippen molar-refractivity contribution < 1.29 is 9.84 Å². The van der Waals surface area contributed by atoms with Gasteiger partial charge in [-0.3, -0.25) is 4.90 Å². The van der Waals surface area contributed by atoms with Gasteiger partial charge in [-0.05, 0) is 6.07 Å². The van der Waals surface area contributed by atoms with E-state index in [2.05, 4.69) is 36.0 Å². The molecule has 0 bridgehead atoms. The van der Waals surface area contributed by atoms with E-state index in [1.807, 2.05) is 18.2 Å². The molecule has 0 amide bonds. The number of phenolic OH excluding ortho intramolecular Hbond substituents is 1. The average molecular weight is 289 g/mol. The van der Waals surface area contributed by atoms with E-state index >= 15 is 0 Å². The Hall–Kier alpha value is -1.28. The Bertz CT molecular complexity index is 507. The maximum Gasteiger partial charge on any atom is 0.129 e. The van der Waals surface area contributed by atoms with Crippen molar-refractivity contribution in [3.63, 3.8) is 0 Å². The van der Waals surface area contributed by atoms with Gasteiger partial charge in [-0.15, -0.1) is 5.54 Å². The van der Waals surface area contributed by atoms with E-state index in [1.54, 1.807) is 6.07 Å². The van der Waals surface area contributed by atoms with Gasteiger partial charge < -0.3 is 9.84 Å². The van der Waals surface area contributed by atoms with Crippen molar-refractivity contribution in [3.05, 3.63) is 29.8 Å². The number of ether oxygens (including phenoxy) is 1. The molecule has 1 aliphatic rings. The number of phenols is 1. The Morgan fingerprint density at radius 2 is 1.85 bits per heavy atom. The zero-order valence-corrected chi connectivity index (χ0v) is 13.5. The first-order valence-corrected chi connectivity index (χ1v) is 10.6. The van der Waals surface area contributed by atoms with Crippen LogP contribution in [0.4, 0.5) is 0 Å². The third-order valence-corrected chi connectivity index (χ3v) is 4.12. The molecule has 1 fully saturated rings. The Morgan fingerprint density at radius 1 is 1.20 bits per heavy atom. The van der Waals surface area contributed by atoms with Crippen molar-refractivity contribution in [2.24, 2.45) is 0 Å². The van der Waals surface area contributed by atoms with Gasteiger partial charge in [0.25, 0.3) is 0 Å². The molecule has 1 unspecified atom stereocenters. The second kappa shape index (κ2) is 6.44. The summed E-state index contributed by atoms with van der Waals surface area (Å²) in [6.07, 6.45) is 0. The van der Waals surface area contributed by atoms with E-state index in [0.717, 1.165) is 31.9 Å². The third kappa shape index (κ3) is 4.10. The van der Waals surface area contributed by atoms with Crippen LogP contribution in [0.1, 0.15) is 11.6 Å². The quantitative estimate of drug-likeness (QED) is 0.671. The van der Waals surface area contributed by atoms with Gasteiger partial charge in [-0.25, -0.2) is 0 Å². The van der Waals surface area contributed by atoms with Gasteiger partial charge in [0.1, 0.15) is 19.9 Å². The van der Waals surface area contributed by atoms with Crippen LogP contribution in [0, 0.1) is 11.5 Å². The molecule has 1 saturated heterocycles. The lowest BCUT2D eigenvalue weighted by Crippen LogP contribution is -2.38. The summed E-state index contributed by atoms with van der Waals surface area (Å²) >= 11 is 0. The maximum absolute atomic E-state index is 10.1. The van der Waals surface area contributed by atoms with Gasteiger partial charge >= 0.3 is 0 Å². The molecule has 1 atom stereocenters. The second-order valence-electron chi connectivity index (χ2n) is 6.13. The summed E-state index contributed by atoms with van der Waals surface area (Å²) in [6.45, 7) is 9.90. The van der Waals surface area contributed by atoms with Crippen LogP contribution in [-0.2, 0) is 4.74 Å². The molecule has 108 valence electrons. The fourth-order valence-electron chi connectivity index (χ4n) is 2.21. The average Bonchev–Trinajstić information content (AvgIpc) is 2.41. The number of hydrogen-bond donors (Lipinski definition) is 1. The van der Waals surface area contributed by atoms with E-state index < -0.39 is 8.07 Å². The monoisotopic (exact) mass is 289 g/mol. The number of nitrogens with zero attached hydrogens (tertiary/aromatic N) is 1. The highest BCUT2D eigenvalue weighted by molar-refractivity contribution is 6.83. The molecule has 1 aromatic carbocycles. The van der Waals surface area contributed by atoms with E-state index in [9.17, 15) is 5.11 Å². The van der Waals surface area contributed by atoms with Crippen molar-refractivity contribution in [1.82, 2.24) is 4.90 Å². The molecule has 1 N–H and O–H groups in total. The van der Waals surface area contributed by atoms with Crippen LogP contribution < -0.4 is 0 Å². The van der Waals surface area contributed by atoms with Crippen LogP contribution in [-0.4, -0.2) is 44.4 Å². The molecule has 0 saturated carbocycles. The normalized spacial score (nSPS) is 18.1. The van der Waals surface area contributed by atoms with E-state index in [-0.39, 0.29) is 6.04 Å². The zero-order chi connectivity index (χ0) is 14.6. The highest BCUT2D eigenvalue weighted by Gasteiger charge is 2.23. The van der Waals surface area contributed by atoms with Crippen LogP contribution in [0.3, 0.4) is 0 Å². The fourth-order valence-corrected chi connectivity index (χ4v) is 2.77. The molecule has 1 heterocycles. The number of hydrogen-bond acceptors (Lipinski definition) is 3. The molecule has 0 radical (unpaired) electrons. The number of rotatable bonds is 2. The third-order valence-electron chi connectivity index (χ3n) is 3.23. The number of para-hydroxylation sites is 1. The standard InChI is InChI=1S/C16H23NO2Si/c1-20(2,3)13-8-15(17-9-11-19-12-10-17)14-6-4-5-7-16(14)18/h4-7,15,18H,9-12H2,1-3H3. The van der Waals surface area contributed by atoms with Gasteiger partial charge in [-0.1, -0.05) is 43.8 Å². The summed E-state index contributed by atoms with van der Waals surface area (Å²) in [5.41, 5.74) is 4.34. The van der Waals surface area contributed by atoms with Crippen molar-refractivity contribution >= 4 is 8.07 Å². The summed E-state index contributed by atoms with van der Waals surface area (Å²) in [7, 11) is -1.43. The molecule has 1 aromatic rings. The first-order valence-electron chi connectivity index (χ1n) is 7.10. The fraction of sp³-hybridized carbons (Fsp3) is 0.500. The van der Waals surface area contributed by atoms with E-state index in [4.69, 9.17) is 4.74 Å². The SMILES string of the molecule is C[Si](C)(C)C#CC(c1ccccc1O)N1CCOCC1. The number of aromatic hydroxyl groups is 1. The molecule has 2 rings (SSSR count). The molecule has 3 nitrogen and oxygen atoms in total. The summed E-state index contributed by atoms with van der Waals surface area (Å²) in [6, 6.07) is 7.47. The summed E-state index contributed by atoms with van der Waals surface area (Å²) in [4.78, 5) is 2.30. The zero-order valence-electron chi connectivity index (χ0n) is 12.5. The van der Waals surface area contributed by atoms with Gasteiger partial charge in [0.2, 0.25) is 0 Å². The van der Waals surface area contributed by atoms with Crippen molar-refractivity contribution in [2.45, 2.75) is 25.7 Å². The molecular formula is C16H23NO2Si. The molecule has 20 heavy (non-hydrogen) atoms. The van der Waals surface area contributed by atoms with Crippen molar-refractivity contribution in [2.75, 3.05) is 26.3 Å². The first kappa shape index (κ1) is 15.1.